The third-order valence-corrected chi connectivity index (χ3v) is 3.59. The van der Waals surface area contributed by atoms with Crippen LogP contribution in [-0.2, 0) is 6.54 Å². The first-order valence-electron chi connectivity index (χ1n) is 7.36. The number of halogens is 2. The molecule has 1 aromatic heterocycles. The Hall–Kier alpha value is -1.76. The Balaban J connectivity index is 2.12. The Kier molecular flexibility index (Phi) is 5.28. The summed E-state index contributed by atoms with van der Waals surface area (Å²) in [7, 11) is 0. The van der Waals surface area contributed by atoms with Crippen molar-refractivity contribution < 1.29 is 18.7 Å². The molecule has 0 aliphatic heterocycles. The van der Waals surface area contributed by atoms with Gasteiger partial charge < -0.3 is 10.4 Å². The number of aliphatic hydroxyl groups excluding tert-OH is 1. The average molecular weight is 313 g/mol. The number of hydrogen-bond acceptors (Lipinski definition) is 3. The Morgan fingerprint density at radius 1 is 1.50 bits per heavy atom. The molecule has 0 saturated heterocycles. The molecule has 0 bridgehead atoms. The Labute approximate surface area is 128 Å². The van der Waals surface area contributed by atoms with Crippen LogP contribution in [0.15, 0.2) is 18.3 Å². The zero-order valence-electron chi connectivity index (χ0n) is 12.7. The molecule has 5 nitrogen and oxygen atoms in total. The largest absolute Gasteiger partial charge is 0.396 e. The lowest BCUT2D eigenvalue weighted by Crippen LogP contribution is -2.33. The molecule has 1 aromatic rings. The van der Waals surface area contributed by atoms with Crippen molar-refractivity contribution in [3.63, 3.8) is 0 Å². The highest BCUT2D eigenvalue weighted by Crippen LogP contribution is 2.24. The first-order chi connectivity index (χ1) is 10.4. The van der Waals surface area contributed by atoms with Crippen molar-refractivity contribution in [1.82, 2.24) is 15.1 Å². The van der Waals surface area contributed by atoms with E-state index >= 15 is 0 Å². The number of hydrogen-bond donors (Lipinski definition) is 2. The van der Waals surface area contributed by atoms with Gasteiger partial charge in [-0.05, 0) is 12.3 Å². The molecule has 2 N–H and O–H groups in total. The van der Waals surface area contributed by atoms with Crippen LogP contribution in [-0.4, -0.2) is 33.4 Å². The normalized spacial score (nSPS) is 21.0. The maximum atomic E-state index is 13.3. The second kappa shape index (κ2) is 7.00. The minimum absolute atomic E-state index is 0.00327. The fourth-order valence-electron chi connectivity index (χ4n) is 2.55. The summed E-state index contributed by atoms with van der Waals surface area (Å²) in [6, 6.07) is -0.247. The predicted octanol–water partition coefficient (Wildman–Crippen LogP) is 2.14. The molecule has 0 spiro atoms. The van der Waals surface area contributed by atoms with Gasteiger partial charge in [0.25, 0.3) is 12.3 Å². The van der Waals surface area contributed by atoms with Crippen LogP contribution in [0.1, 0.15) is 42.7 Å². The van der Waals surface area contributed by atoms with Crippen molar-refractivity contribution in [2.24, 2.45) is 11.8 Å². The molecule has 0 fully saturated rings. The van der Waals surface area contributed by atoms with Crippen LogP contribution in [0.4, 0.5) is 8.78 Å². The molecule has 1 heterocycles. The molecule has 2 rings (SSSR count). The van der Waals surface area contributed by atoms with Gasteiger partial charge in [0.05, 0.1) is 11.8 Å². The maximum Gasteiger partial charge on any atom is 0.280 e. The fraction of sp³-hybridized carbons (Fsp3) is 0.600. The van der Waals surface area contributed by atoms with Gasteiger partial charge in [-0.3, -0.25) is 9.48 Å². The number of carbonyl (C=O) groups excluding carboxylic acids is 1. The van der Waals surface area contributed by atoms with Crippen LogP contribution in [0.3, 0.4) is 0 Å². The number of aromatic nitrogens is 2. The molecular formula is C15H21F2N3O2. The number of amides is 1. The van der Waals surface area contributed by atoms with E-state index in [9.17, 15) is 13.6 Å². The van der Waals surface area contributed by atoms with E-state index in [-0.39, 0.29) is 35.7 Å². The Morgan fingerprint density at radius 2 is 2.23 bits per heavy atom. The molecular weight excluding hydrogens is 292 g/mol. The molecule has 0 aromatic carbocycles. The van der Waals surface area contributed by atoms with Gasteiger partial charge in [-0.15, -0.1) is 0 Å². The first-order valence-corrected chi connectivity index (χ1v) is 7.36. The zero-order valence-corrected chi connectivity index (χ0v) is 12.7. The highest BCUT2D eigenvalue weighted by atomic mass is 19.3. The second-order valence-corrected chi connectivity index (χ2v) is 5.96. The summed E-state index contributed by atoms with van der Waals surface area (Å²) in [5.41, 5.74) is -0.427. The van der Waals surface area contributed by atoms with Crippen molar-refractivity contribution in [1.29, 1.82) is 0 Å². The number of rotatable bonds is 6. The lowest BCUT2D eigenvalue weighted by molar-refractivity contribution is 0.0922. The van der Waals surface area contributed by atoms with Crippen LogP contribution >= 0.6 is 0 Å². The predicted molar refractivity (Wildman–Crippen MR) is 77.6 cm³/mol. The smallest absolute Gasteiger partial charge is 0.280 e. The van der Waals surface area contributed by atoms with E-state index in [0.717, 1.165) is 0 Å². The van der Waals surface area contributed by atoms with Crippen LogP contribution in [0, 0.1) is 11.8 Å². The van der Waals surface area contributed by atoms with Gasteiger partial charge in [-0.2, -0.15) is 5.10 Å². The Bertz CT molecular complexity index is 555. The molecule has 22 heavy (non-hydrogen) atoms. The van der Waals surface area contributed by atoms with Gasteiger partial charge in [0.15, 0.2) is 0 Å². The van der Waals surface area contributed by atoms with Crippen molar-refractivity contribution >= 4 is 5.91 Å². The number of carbonyl (C=O) groups is 1. The lowest BCUT2D eigenvalue weighted by atomic mass is 10.1. The third-order valence-electron chi connectivity index (χ3n) is 3.59. The van der Waals surface area contributed by atoms with Crippen molar-refractivity contribution in [2.45, 2.75) is 39.3 Å². The summed E-state index contributed by atoms with van der Waals surface area (Å²) < 4.78 is 27.7. The molecule has 0 radical (unpaired) electrons. The van der Waals surface area contributed by atoms with Crippen molar-refractivity contribution in [3.8, 4) is 0 Å². The van der Waals surface area contributed by atoms with Crippen molar-refractivity contribution in [2.75, 3.05) is 6.61 Å². The molecule has 7 heteroatoms. The van der Waals surface area contributed by atoms with Crippen LogP contribution in [0.2, 0.25) is 0 Å². The van der Waals surface area contributed by atoms with Crippen molar-refractivity contribution in [3.05, 3.63) is 29.6 Å². The fourth-order valence-corrected chi connectivity index (χ4v) is 2.55. The highest BCUT2D eigenvalue weighted by molar-refractivity contribution is 5.95. The molecule has 0 unspecified atom stereocenters. The summed E-state index contributed by atoms with van der Waals surface area (Å²) in [6.07, 6.45) is 2.61. The molecule has 0 saturated carbocycles. The maximum absolute atomic E-state index is 13.3. The molecule has 1 aliphatic carbocycles. The van der Waals surface area contributed by atoms with E-state index in [1.807, 2.05) is 19.9 Å². The summed E-state index contributed by atoms with van der Waals surface area (Å²) >= 11 is 0. The Morgan fingerprint density at radius 3 is 2.77 bits per heavy atom. The summed E-state index contributed by atoms with van der Waals surface area (Å²) in [4.78, 5) is 12.2. The summed E-state index contributed by atoms with van der Waals surface area (Å²) in [5.74, 6) is -0.404. The van der Waals surface area contributed by atoms with E-state index in [1.165, 1.54) is 10.9 Å². The number of alkyl halides is 2. The van der Waals surface area contributed by atoms with Gasteiger partial charge in [-0.1, -0.05) is 26.0 Å². The SMILES string of the molecule is CC(C)Cn1ncc(C(=O)N[C@@H]2C=C[C@H](CO)C2)c1C(F)F. The van der Waals surface area contributed by atoms with Gasteiger partial charge in [0.1, 0.15) is 5.69 Å². The van der Waals surface area contributed by atoms with Gasteiger partial charge in [-0.25, -0.2) is 8.78 Å². The van der Waals surface area contributed by atoms with E-state index in [0.29, 0.717) is 13.0 Å². The van der Waals surface area contributed by atoms with Crippen LogP contribution in [0.5, 0.6) is 0 Å². The molecule has 122 valence electrons. The van der Waals surface area contributed by atoms with E-state index in [2.05, 4.69) is 10.4 Å². The van der Waals surface area contributed by atoms with Gasteiger partial charge in [0.2, 0.25) is 0 Å². The van der Waals surface area contributed by atoms with Gasteiger partial charge >= 0.3 is 0 Å². The first kappa shape index (κ1) is 16.6. The summed E-state index contributed by atoms with van der Waals surface area (Å²) in [5, 5.41) is 15.7. The highest BCUT2D eigenvalue weighted by Gasteiger charge is 2.27. The minimum Gasteiger partial charge on any atom is -0.396 e. The van der Waals surface area contributed by atoms with Crippen LogP contribution < -0.4 is 5.32 Å². The second-order valence-electron chi connectivity index (χ2n) is 5.96. The monoisotopic (exact) mass is 313 g/mol. The third kappa shape index (κ3) is 3.71. The lowest BCUT2D eigenvalue weighted by Gasteiger charge is -2.14. The molecule has 1 amide bonds. The standard InChI is InChI=1S/C15H21F2N3O2/c1-9(2)7-20-13(14(16)17)12(6-18-20)15(22)19-11-4-3-10(5-11)8-21/h3-4,6,9-11,14,21H,5,7-8H2,1-2H3,(H,19,22)/t10-,11+/m0/s1. The number of nitrogens with zero attached hydrogens (tertiary/aromatic N) is 2. The average Bonchev–Trinajstić information content (AvgIpc) is 3.04. The van der Waals surface area contributed by atoms with E-state index < -0.39 is 12.3 Å². The zero-order chi connectivity index (χ0) is 16.3. The minimum atomic E-state index is -2.76. The quantitative estimate of drug-likeness (QED) is 0.791. The molecule has 2 atom stereocenters. The van der Waals surface area contributed by atoms with Gasteiger partial charge in [0, 0.05) is 25.1 Å². The van der Waals surface area contributed by atoms with E-state index in [1.54, 1.807) is 6.08 Å². The van der Waals surface area contributed by atoms with Crippen LogP contribution in [0.25, 0.3) is 0 Å². The van der Waals surface area contributed by atoms with E-state index in [4.69, 9.17) is 5.11 Å². The topological polar surface area (TPSA) is 67.2 Å². The number of aliphatic hydroxyl groups is 1. The summed E-state index contributed by atoms with van der Waals surface area (Å²) in [6.45, 7) is 4.14. The molecule has 1 aliphatic rings. The number of nitrogens with one attached hydrogen (secondary N) is 1.